The summed E-state index contributed by atoms with van der Waals surface area (Å²) in [6.45, 7) is 0. The smallest absolute Gasteiger partial charge is 0.184 e. The lowest BCUT2D eigenvalue weighted by atomic mass is 10.1. The molecule has 0 amide bonds. The Morgan fingerprint density at radius 1 is 1.06 bits per heavy atom. The van der Waals surface area contributed by atoms with Crippen LogP contribution in [0.25, 0.3) is 22.0 Å². The van der Waals surface area contributed by atoms with E-state index < -0.39 is 11.6 Å². The van der Waals surface area contributed by atoms with Gasteiger partial charge in [0.05, 0.1) is 0 Å². The Labute approximate surface area is 100 Å². The first-order valence-corrected chi connectivity index (χ1v) is 5.96. The highest BCUT2D eigenvalue weighted by atomic mass is 32.1. The van der Waals surface area contributed by atoms with E-state index in [1.807, 2.05) is 22.9 Å². The van der Waals surface area contributed by atoms with Crippen molar-refractivity contribution in [3.63, 3.8) is 0 Å². The number of pyridine rings is 1. The first kappa shape index (κ1) is 10.4. The lowest BCUT2D eigenvalue weighted by Gasteiger charge is -2.02. The second-order valence-electron chi connectivity index (χ2n) is 3.67. The van der Waals surface area contributed by atoms with Crippen LogP contribution in [0.5, 0.6) is 0 Å². The van der Waals surface area contributed by atoms with Crippen LogP contribution in [0.3, 0.4) is 0 Å². The van der Waals surface area contributed by atoms with Crippen molar-refractivity contribution in [1.82, 2.24) is 4.98 Å². The number of nitrogens with zero attached hydrogens (tertiary/aromatic N) is 1. The maximum Gasteiger partial charge on any atom is 0.184 e. The fourth-order valence-electron chi connectivity index (χ4n) is 1.73. The molecule has 17 heavy (non-hydrogen) atoms. The normalized spacial score (nSPS) is 10.9. The van der Waals surface area contributed by atoms with Gasteiger partial charge in [0.2, 0.25) is 0 Å². The van der Waals surface area contributed by atoms with Gasteiger partial charge in [0.15, 0.2) is 11.6 Å². The number of fused-ring (bicyclic) bond motifs is 1. The van der Waals surface area contributed by atoms with Gasteiger partial charge in [-0.05, 0) is 40.6 Å². The van der Waals surface area contributed by atoms with Crippen molar-refractivity contribution in [2.24, 2.45) is 0 Å². The molecule has 4 heteroatoms. The molecule has 0 bridgehead atoms. The van der Waals surface area contributed by atoms with Crippen LogP contribution in [-0.2, 0) is 0 Å². The summed E-state index contributed by atoms with van der Waals surface area (Å²) in [5, 5.41) is 4.56. The van der Waals surface area contributed by atoms with E-state index in [9.17, 15) is 8.78 Å². The summed E-state index contributed by atoms with van der Waals surface area (Å²) in [4.78, 5) is 3.99. The lowest BCUT2D eigenvalue weighted by Crippen LogP contribution is -1.89. The number of thiophene rings is 1. The van der Waals surface area contributed by atoms with Crippen LogP contribution in [0, 0.1) is 11.6 Å². The highest BCUT2D eigenvalue weighted by molar-refractivity contribution is 7.08. The number of aromatic nitrogens is 1. The first-order chi connectivity index (χ1) is 8.25. The maximum atomic E-state index is 13.4. The fraction of sp³-hybridized carbons (Fsp3) is 0. The molecule has 0 radical (unpaired) electrons. The van der Waals surface area contributed by atoms with E-state index in [2.05, 4.69) is 4.98 Å². The standard InChI is InChI=1S/C13H7F2NS/c14-11-2-1-8-5-10(9-3-4-17-7-9)6-16-13(8)12(11)15/h1-7H. The van der Waals surface area contributed by atoms with Gasteiger partial charge < -0.3 is 0 Å². The predicted molar refractivity (Wildman–Crippen MR) is 65.0 cm³/mol. The zero-order chi connectivity index (χ0) is 11.8. The van der Waals surface area contributed by atoms with Gasteiger partial charge in [0.25, 0.3) is 0 Å². The summed E-state index contributed by atoms with van der Waals surface area (Å²) < 4.78 is 26.4. The molecule has 0 aliphatic carbocycles. The average Bonchev–Trinajstić information content (AvgIpc) is 2.87. The topological polar surface area (TPSA) is 12.9 Å². The third-order valence-corrected chi connectivity index (χ3v) is 3.28. The predicted octanol–water partition coefficient (Wildman–Crippen LogP) is 4.24. The molecule has 2 heterocycles. The van der Waals surface area contributed by atoms with E-state index in [-0.39, 0.29) is 5.52 Å². The van der Waals surface area contributed by atoms with Gasteiger partial charge in [-0.15, -0.1) is 0 Å². The minimum atomic E-state index is -0.889. The van der Waals surface area contributed by atoms with E-state index in [1.165, 1.54) is 6.07 Å². The van der Waals surface area contributed by atoms with Crippen LogP contribution in [0.2, 0.25) is 0 Å². The second-order valence-corrected chi connectivity index (χ2v) is 4.45. The monoisotopic (exact) mass is 247 g/mol. The van der Waals surface area contributed by atoms with Crippen LogP contribution in [-0.4, -0.2) is 4.98 Å². The molecule has 0 unspecified atom stereocenters. The van der Waals surface area contributed by atoms with Crippen molar-refractivity contribution in [1.29, 1.82) is 0 Å². The number of rotatable bonds is 1. The molecular weight excluding hydrogens is 240 g/mol. The molecule has 1 nitrogen and oxygen atoms in total. The van der Waals surface area contributed by atoms with Gasteiger partial charge in [-0.2, -0.15) is 11.3 Å². The zero-order valence-electron chi connectivity index (χ0n) is 8.65. The van der Waals surface area contributed by atoms with Gasteiger partial charge in [-0.3, -0.25) is 4.98 Å². The van der Waals surface area contributed by atoms with E-state index >= 15 is 0 Å². The van der Waals surface area contributed by atoms with Crippen LogP contribution in [0.4, 0.5) is 8.78 Å². The Morgan fingerprint density at radius 2 is 1.94 bits per heavy atom. The molecule has 0 atom stereocenters. The Hall–Kier alpha value is -1.81. The van der Waals surface area contributed by atoms with Crippen molar-refractivity contribution in [2.45, 2.75) is 0 Å². The van der Waals surface area contributed by atoms with Gasteiger partial charge in [0, 0.05) is 17.1 Å². The molecule has 0 saturated heterocycles. The quantitative estimate of drug-likeness (QED) is 0.626. The summed E-state index contributed by atoms with van der Waals surface area (Å²) in [7, 11) is 0. The number of benzene rings is 1. The molecule has 0 aliphatic heterocycles. The Morgan fingerprint density at radius 3 is 2.71 bits per heavy atom. The van der Waals surface area contributed by atoms with Crippen molar-refractivity contribution >= 4 is 22.2 Å². The molecule has 3 aromatic rings. The minimum absolute atomic E-state index is 0.0731. The molecule has 0 aliphatic rings. The van der Waals surface area contributed by atoms with Gasteiger partial charge in [-0.25, -0.2) is 8.78 Å². The zero-order valence-corrected chi connectivity index (χ0v) is 9.47. The Bertz CT molecular complexity index is 677. The SMILES string of the molecule is Fc1ccc2cc(-c3ccsc3)cnc2c1F. The number of halogens is 2. The van der Waals surface area contributed by atoms with Crippen LogP contribution in [0.1, 0.15) is 0 Å². The maximum absolute atomic E-state index is 13.4. The van der Waals surface area contributed by atoms with Crippen molar-refractivity contribution in [3.8, 4) is 11.1 Å². The Balaban J connectivity index is 2.24. The van der Waals surface area contributed by atoms with Crippen LogP contribution >= 0.6 is 11.3 Å². The molecule has 3 rings (SSSR count). The largest absolute Gasteiger partial charge is 0.252 e. The summed E-state index contributed by atoms with van der Waals surface area (Å²) in [5.74, 6) is -1.76. The highest BCUT2D eigenvalue weighted by Gasteiger charge is 2.09. The van der Waals surface area contributed by atoms with E-state index in [4.69, 9.17) is 0 Å². The van der Waals surface area contributed by atoms with E-state index in [1.54, 1.807) is 17.5 Å². The molecular formula is C13H7F2NS. The van der Waals surface area contributed by atoms with Gasteiger partial charge in [0.1, 0.15) is 5.52 Å². The minimum Gasteiger partial charge on any atom is -0.252 e. The Kier molecular flexibility index (Phi) is 2.37. The van der Waals surface area contributed by atoms with Crippen molar-refractivity contribution in [2.75, 3.05) is 0 Å². The molecule has 84 valence electrons. The molecule has 0 spiro atoms. The highest BCUT2D eigenvalue weighted by Crippen LogP contribution is 2.26. The van der Waals surface area contributed by atoms with E-state index in [0.717, 1.165) is 17.2 Å². The van der Waals surface area contributed by atoms with Crippen LogP contribution in [0.15, 0.2) is 41.2 Å². The third-order valence-electron chi connectivity index (χ3n) is 2.60. The molecule has 1 aromatic carbocycles. The summed E-state index contributed by atoms with van der Waals surface area (Å²) in [6.07, 6.45) is 1.56. The average molecular weight is 247 g/mol. The van der Waals surface area contributed by atoms with Crippen LogP contribution < -0.4 is 0 Å². The molecule has 2 aromatic heterocycles. The molecule has 0 saturated carbocycles. The van der Waals surface area contributed by atoms with E-state index in [0.29, 0.717) is 5.39 Å². The van der Waals surface area contributed by atoms with Gasteiger partial charge in [-0.1, -0.05) is 0 Å². The fourth-order valence-corrected chi connectivity index (χ4v) is 2.39. The molecule has 0 fully saturated rings. The van der Waals surface area contributed by atoms with Crippen molar-refractivity contribution in [3.05, 3.63) is 52.9 Å². The summed E-state index contributed by atoms with van der Waals surface area (Å²) >= 11 is 1.58. The second kappa shape index (κ2) is 3.89. The van der Waals surface area contributed by atoms with Gasteiger partial charge >= 0.3 is 0 Å². The third kappa shape index (κ3) is 1.70. The number of hydrogen-bond donors (Lipinski definition) is 0. The lowest BCUT2D eigenvalue weighted by molar-refractivity contribution is 0.515. The summed E-state index contributed by atoms with van der Waals surface area (Å²) in [6, 6.07) is 6.44. The van der Waals surface area contributed by atoms with Crippen molar-refractivity contribution < 1.29 is 8.78 Å². The first-order valence-electron chi connectivity index (χ1n) is 5.02. The molecule has 0 N–H and O–H groups in total. The number of hydrogen-bond acceptors (Lipinski definition) is 2. The summed E-state index contributed by atoms with van der Waals surface area (Å²) in [5.41, 5.74) is 2.02.